The molecule has 0 aromatic carbocycles. The van der Waals surface area contributed by atoms with Crippen LogP contribution in [-0.4, -0.2) is 37.5 Å². The fourth-order valence-corrected chi connectivity index (χ4v) is 2.33. The molecule has 2 amide bonds. The zero-order valence-electron chi connectivity index (χ0n) is 13.0. The molecule has 0 spiro atoms. The van der Waals surface area contributed by atoms with Crippen LogP contribution in [-0.2, 0) is 4.74 Å². The Labute approximate surface area is 123 Å². The molecule has 0 aromatic rings. The number of nitrogens with one attached hydrogen (secondary N) is 2. The maximum Gasteiger partial charge on any atom is 0.408 e. The molecule has 3 atom stereocenters. The number of amides is 2. The number of urea groups is 1. The number of hydrogen-bond acceptors (Lipinski definition) is 2. The van der Waals surface area contributed by atoms with E-state index in [0.717, 1.165) is 6.42 Å². The van der Waals surface area contributed by atoms with Crippen molar-refractivity contribution < 1.29 is 22.7 Å². The maximum absolute atomic E-state index is 13.0. The molecule has 0 saturated carbocycles. The third kappa shape index (κ3) is 6.54. The predicted molar refractivity (Wildman–Crippen MR) is 74.0 cm³/mol. The molecule has 1 aliphatic rings. The first-order chi connectivity index (χ1) is 9.49. The van der Waals surface area contributed by atoms with Crippen molar-refractivity contribution in [1.82, 2.24) is 10.6 Å². The molecular weight excluding hydrogens is 285 g/mol. The number of carbonyl (C=O) groups excluding carboxylic acids is 1. The van der Waals surface area contributed by atoms with Gasteiger partial charge in [-0.1, -0.05) is 20.8 Å². The fraction of sp³-hybridized carbons (Fsp3) is 0.929. The number of carbonyl (C=O) groups is 1. The van der Waals surface area contributed by atoms with E-state index in [1.807, 2.05) is 0 Å². The zero-order valence-corrected chi connectivity index (χ0v) is 13.0. The summed E-state index contributed by atoms with van der Waals surface area (Å²) in [5.74, 6) is 0.155. The Morgan fingerprint density at radius 2 is 1.90 bits per heavy atom. The lowest BCUT2D eigenvalue weighted by molar-refractivity contribution is -0.159. The molecule has 7 heteroatoms. The monoisotopic (exact) mass is 310 g/mol. The summed E-state index contributed by atoms with van der Waals surface area (Å²) >= 11 is 0. The van der Waals surface area contributed by atoms with Crippen molar-refractivity contribution >= 4 is 6.03 Å². The van der Waals surface area contributed by atoms with E-state index in [-0.39, 0.29) is 18.4 Å². The van der Waals surface area contributed by atoms with Crippen molar-refractivity contribution in [1.29, 1.82) is 0 Å². The Balaban J connectivity index is 2.55. The second-order valence-electron chi connectivity index (χ2n) is 6.89. The van der Waals surface area contributed by atoms with Gasteiger partial charge in [-0.05, 0) is 25.2 Å². The first-order valence-corrected chi connectivity index (χ1v) is 7.20. The van der Waals surface area contributed by atoms with Gasteiger partial charge in [0.25, 0.3) is 0 Å². The summed E-state index contributed by atoms with van der Waals surface area (Å²) in [6, 6.07) is -2.83. The summed E-state index contributed by atoms with van der Waals surface area (Å²) in [6.07, 6.45) is -3.80. The molecule has 1 rings (SSSR count). The Hall–Kier alpha value is -0.980. The minimum atomic E-state index is -4.45. The molecule has 124 valence electrons. The van der Waals surface area contributed by atoms with Crippen LogP contribution >= 0.6 is 0 Å². The van der Waals surface area contributed by atoms with E-state index in [0.29, 0.717) is 13.2 Å². The Kier molecular flexibility index (Phi) is 5.90. The van der Waals surface area contributed by atoms with Crippen molar-refractivity contribution in [2.75, 3.05) is 13.2 Å². The van der Waals surface area contributed by atoms with E-state index >= 15 is 0 Å². The molecule has 0 aromatic heterocycles. The van der Waals surface area contributed by atoms with Gasteiger partial charge < -0.3 is 15.4 Å². The average Bonchev–Trinajstić information content (AvgIpc) is 2.77. The predicted octanol–water partition coefficient (Wildman–Crippen LogP) is 3.08. The lowest BCUT2D eigenvalue weighted by atomic mass is 9.88. The SMILES string of the molecule is C[C@H](NC(=O)N[C@@H](CC(C)(C)C)C(F)(F)F)[C@@H]1CCOC1. The van der Waals surface area contributed by atoms with E-state index in [9.17, 15) is 18.0 Å². The van der Waals surface area contributed by atoms with Gasteiger partial charge in [-0.25, -0.2) is 4.79 Å². The first-order valence-electron chi connectivity index (χ1n) is 7.20. The van der Waals surface area contributed by atoms with Gasteiger partial charge in [0.05, 0.1) is 6.61 Å². The van der Waals surface area contributed by atoms with Gasteiger partial charge in [-0.2, -0.15) is 13.2 Å². The minimum absolute atomic E-state index is 0.155. The van der Waals surface area contributed by atoms with Gasteiger partial charge >= 0.3 is 12.2 Å². The Bertz CT molecular complexity index is 347. The third-order valence-electron chi connectivity index (χ3n) is 3.55. The second kappa shape index (κ2) is 6.85. The highest BCUT2D eigenvalue weighted by atomic mass is 19.4. The number of rotatable bonds is 4. The molecule has 1 fully saturated rings. The fourth-order valence-electron chi connectivity index (χ4n) is 2.33. The molecular formula is C14H25F3N2O2. The van der Waals surface area contributed by atoms with Crippen LogP contribution in [0.5, 0.6) is 0 Å². The zero-order chi connectivity index (χ0) is 16.3. The molecule has 21 heavy (non-hydrogen) atoms. The molecule has 1 saturated heterocycles. The summed E-state index contributed by atoms with van der Waals surface area (Å²) in [5.41, 5.74) is -0.529. The van der Waals surface area contributed by atoms with Crippen LogP contribution in [0, 0.1) is 11.3 Å². The van der Waals surface area contributed by atoms with Crippen LogP contribution < -0.4 is 10.6 Å². The molecule has 0 bridgehead atoms. The van der Waals surface area contributed by atoms with E-state index < -0.39 is 23.7 Å². The van der Waals surface area contributed by atoms with Crippen molar-refractivity contribution in [3.05, 3.63) is 0 Å². The lowest BCUT2D eigenvalue weighted by Gasteiger charge is -2.29. The van der Waals surface area contributed by atoms with Gasteiger partial charge in [0.1, 0.15) is 6.04 Å². The minimum Gasteiger partial charge on any atom is -0.381 e. The van der Waals surface area contributed by atoms with E-state index in [1.165, 1.54) is 0 Å². The molecule has 0 radical (unpaired) electrons. The number of ether oxygens (including phenoxy) is 1. The van der Waals surface area contributed by atoms with Crippen LogP contribution in [0.3, 0.4) is 0 Å². The summed E-state index contributed by atoms with van der Waals surface area (Å²) in [4.78, 5) is 11.8. The Morgan fingerprint density at radius 1 is 1.29 bits per heavy atom. The lowest BCUT2D eigenvalue weighted by Crippen LogP contribution is -2.53. The van der Waals surface area contributed by atoms with Crippen LogP contribution in [0.2, 0.25) is 0 Å². The standard InChI is InChI=1S/C14H25F3N2O2/c1-9(10-5-6-21-8-10)18-12(20)19-11(14(15,16)17)7-13(2,3)4/h9-11H,5-8H2,1-4H3,(H2,18,19,20)/t9-,10+,11-/m0/s1. The smallest absolute Gasteiger partial charge is 0.381 e. The van der Waals surface area contributed by atoms with Crippen LogP contribution in [0.1, 0.15) is 40.5 Å². The van der Waals surface area contributed by atoms with Crippen LogP contribution in [0.25, 0.3) is 0 Å². The van der Waals surface area contributed by atoms with Crippen molar-refractivity contribution in [3.63, 3.8) is 0 Å². The highest BCUT2D eigenvalue weighted by Gasteiger charge is 2.42. The van der Waals surface area contributed by atoms with Crippen molar-refractivity contribution in [3.8, 4) is 0 Å². The van der Waals surface area contributed by atoms with Gasteiger partial charge in [-0.15, -0.1) is 0 Å². The second-order valence-corrected chi connectivity index (χ2v) is 6.89. The quantitative estimate of drug-likeness (QED) is 0.838. The third-order valence-corrected chi connectivity index (χ3v) is 3.55. The van der Waals surface area contributed by atoms with Gasteiger partial charge in [0.15, 0.2) is 0 Å². The Morgan fingerprint density at radius 3 is 2.33 bits per heavy atom. The normalized spacial score (nSPS) is 22.7. The number of halogens is 3. The molecule has 1 aliphatic heterocycles. The first kappa shape index (κ1) is 18.1. The molecule has 0 unspecified atom stereocenters. The van der Waals surface area contributed by atoms with Gasteiger partial charge in [0, 0.05) is 18.6 Å². The van der Waals surface area contributed by atoms with Crippen molar-refractivity contribution in [2.45, 2.75) is 58.8 Å². The van der Waals surface area contributed by atoms with Crippen molar-refractivity contribution in [2.24, 2.45) is 11.3 Å². The summed E-state index contributed by atoms with van der Waals surface area (Å²) in [7, 11) is 0. The summed E-state index contributed by atoms with van der Waals surface area (Å²) in [6.45, 7) is 8.09. The van der Waals surface area contributed by atoms with Gasteiger partial charge in [-0.3, -0.25) is 0 Å². The average molecular weight is 310 g/mol. The topological polar surface area (TPSA) is 50.4 Å². The molecule has 0 aliphatic carbocycles. The van der Waals surface area contributed by atoms with Gasteiger partial charge in [0.2, 0.25) is 0 Å². The highest BCUT2D eigenvalue weighted by Crippen LogP contribution is 2.30. The summed E-state index contributed by atoms with van der Waals surface area (Å²) < 4.78 is 44.2. The highest BCUT2D eigenvalue weighted by molar-refractivity contribution is 5.74. The maximum atomic E-state index is 13.0. The van der Waals surface area contributed by atoms with E-state index in [4.69, 9.17) is 4.74 Å². The largest absolute Gasteiger partial charge is 0.408 e. The van der Waals surface area contributed by atoms with E-state index in [2.05, 4.69) is 10.6 Å². The van der Waals surface area contributed by atoms with Crippen LogP contribution in [0.15, 0.2) is 0 Å². The molecule has 2 N–H and O–H groups in total. The van der Waals surface area contributed by atoms with E-state index in [1.54, 1.807) is 27.7 Å². The summed E-state index contributed by atoms with van der Waals surface area (Å²) in [5, 5.41) is 4.63. The number of hydrogen-bond donors (Lipinski definition) is 2. The van der Waals surface area contributed by atoms with Crippen LogP contribution in [0.4, 0.5) is 18.0 Å². The molecule has 1 heterocycles. The molecule has 4 nitrogen and oxygen atoms in total. The number of alkyl halides is 3.